The van der Waals surface area contributed by atoms with E-state index in [4.69, 9.17) is 0 Å². The molecule has 0 radical (unpaired) electrons. The summed E-state index contributed by atoms with van der Waals surface area (Å²) < 4.78 is 0. The Kier molecular flexibility index (Phi) is 4.93. The molecule has 2 aliphatic rings. The first kappa shape index (κ1) is 15.7. The molecule has 2 N–H and O–H groups in total. The zero-order valence-corrected chi connectivity index (χ0v) is 13.9. The molecule has 1 aliphatic heterocycles. The van der Waals surface area contributed by atoms with Crippen molar-refractivity contribution in [2.75, 3.05) is 34.8 Å². The van der Waals surface area contributed by atoms with Crippen molar-refractivity contribution in [1.82, 2.24) is 0 Å². The molecule has 4 nitrogen and oxygen atoms in total. The number of carbonyl (C=O) groups excluding carboxylic acids is 1. The molecule has 1 aliphatic carbocycles. The molecule has 5 heteroatoms. The van der Waals surface area contributed by atoms with Gasteiger partial charge in [-0.1, -0.05) is 0 Å². The van der Waals surface area contributed by atoms with Gasteiger partial charge in [0, 0.05) is 36.0 Å². The molecule has 22 heavy (non-hydrogen) atoms. The van der Waals surface area contributed by atoms with Gasteiger partial charge in [-0.3, -0.25) is 4.79 Å². The third-order valence-corrected chi connectivity index (χ3v) is 5.57. The molecule has 120 valence electrons. The van der Waals surface area contributed by atoms with Crippen LogP contribution in [0.15, 0.2) is 18.2 Å². The van der Waals surface area contributed by atoms with Gasteiger partial charge in [0.15, 0.2) is 0 Å². The number of anilines is 2. The lowest BCUT2D eigenvalue weighted by atomic mass is 10.0. The molecule has 3 rings (SSSR count). The van der Waals surface area contributed by atoms with Crippen LogP contribution in [0.25, 0.3) is 0 Å². The summed E-state index contributed by atoms with van der Waals surface area (Å²) in [5.41, 5.74) is 3.28. The van der Waals surface area contributed by atoms with Gasteiger partial charge in [-0.2, -0.15) is 11.8 Å². The highest BCUT2D eigenvalue weighted by atomic mass is 32.2. The van der Waals surface area contributed by atoms with Crippen LogP contribution < -0.4 is 10.2 Å². The summed E-state index contributed by atoms with van der Waals surface area (Å²) >= 11 is 2.00. The number of rotatable bonds is 3. The van der Waals surface area contributed by atoms with E-state index in [0.29, 0.717) is 0 Å². The maximum absolute atomic E-state index is 12.2. The van der Waals surface area contributed by atoms with E-state index in [0.717, 1.165) is 38.0 Å². The van der Waals surface area contributed by atoms with Gasteiger partial charge in [-0.25, -0.2) is 0 Å². The number of hydrogen-bond donors (Lipinski definition) is 2. The van der Waals surface area contributed by atoms with Gasteiger partial charge in [0.25, 0.3) is 0 Å². The second-order valence-corrected chi connectivity index (χ2v) is 7.42. The van der Waals surface area contributed by atoms with Crippen molar-refractivity contribution in [3.8, 4) is 0 Å². The molecule has 1 saturated heterocycles. The van der Waals surface area contributed by atoms with Crippen LogP contribution in [-0.2, 0) is 4.79 Å². The number of nitrogens with zero attached hydrogens (tertiary/aromatic N) is 1. The molecule has 1 aromatic rings. The third-order valence-electron chi connectivity index (χ3n) is 4.63. The Balaban J connectivity index is 1.67. The number of aliphatic hydroxyl groups excluding tert-OH is 1. The van der Waals surface area contributed by atoms with E-state index in [-0.39, 0.29) is 11.8 Å². The lowest BCUT2D eigenvalue weighted by Gasteiger charge is -2.30. The van der Waals surface area contributed by atoms with E-state index in [1.807, 2.05) is 23.9 Å². The van der Waals surface area contributed by atoms with Crippen molar-refractivity contribution in [1.29, 1.82) is 0 Å². The number of hydrogen-bond acceptors (Lipinski definition) is 4. The Morgan fingerprint density at radius 2 is 2.09 bits per heavy atom. The molecule has 2 unspecified atom stereocenters. The molecule has 0 bridgehead atoms. The van der Waals surface area contributed by atoms with E-state index in [2.05, 4.69) is 23.2 Å². The normalized spacial score (nSPS) is 25.3. The minimum Gasteiger partial charge on any atom is -0.392 e. The first-order valence-electron chi connectivity index (χ1n) is 8.07. The largest absolute Gasteiger partial charge is 0.392 e. The summed E-state index contributed by atoms with van der Waals surface area (Å²) in [6.45, 7) is 4.27. The van der Waals surface area contributed by atoms with Crippen LogP contribution in [0.5, 0.6) is 0 Å². The van der Waals surface area contributed by atoms with E-state index in [9.17, 15) is 9.90 Å². The van der Waals surface area contributed by atoms with Gasteiger partial charge >= 0.3 is 0 Å². The predicted octanol–water partition coefficient (Wildman–Crippen LogP) is 2.65. The van der Waals surface area contributed by atoms with E-state index in [1.165, 1.54) is 22.8 Å². The standard InChI is InChI=1S/C17H24N2O2S/c1-12-11-13(18-17(21)14-3-2-4-16(14)20)5-6-15(12)19-7-9-22-10-8-19/h5-6,11,14,16,20H,2-4,7-10H2,1H3,(H,18,21). The number of aryl methyl sites for hydroxylation is 1. The number of aliphatic hydroxyl groups is 1. The second-order valence-electron chi connectivity index (χ2n) is 6.19. The van der Waals surface area contributed by atoms with Gasteiger partial charge in [0.2, 0.25) is 5.91 Å². The third kappa shape index (κ3) is 3.41. The summed E-state index contributed by atoms with van der Waals surface area (Å²) in [6, 6.07) is 6.12. The summed E-state index contributed by atoms with van der Waals surface area (Å²) in [4.78, 5) is 14.7. The van der Waals surface area contributed by atoms with Crippen LogP contribution in [0.2, 0.25) is 0 Å². The smallest absolute Gasteiger partial charge is 0.230 e. The summed E-state index contributed by atoms with van der Waals surface area (Å²) in [5.74, 6) is 2.06. The van der Waals surface area contributed by atoms with Gasteiger partial charge in [-0.15, -0.1) is 0 Å². The average molecular weight is 320 g/mol. The Morgan fingerprint density at radius 1 is 1.32 bits per heavy atom. The molecule has 1 heterocycles. The highest BCUT2D eigenvalue weighted by molar-refractivity contribution is 7.99. The van der Waals surface area contributed by atoms with E-state index in [1.54, 1.807) is 0 Å². The average Bonchev–Trinajstić information content (AvgIpc) is 2.94. The quantitative estimate of drug-likeness (QED) is 0.899. The molecule has 2 fully saturated rings. The van der Waals surface area contributed by atoms with Crippen molar-refractivity contribution in [3.63, 3.8) is 0 Å². The van der Waals surface area contributed by atoms with Gasteiger partial charge < -0.3 is 15.3 Å². The molecular formula is C17H24N2O2S. The SMILES string of the molecule is Cc1cc(NC(=O)C2CCCC2O)ccc1N1CCSCC1. The number of amides is 1. The second kappa shape index (κ2) is 6.92. The number of thioether (sulfide) groups is 1. The highest BCUT2D eigenvalue weighted by Gasteiger charge is 2.31. The zero-order valence-electron chi connectivity index (χ0n) is 13.0. The monoisotopic (exact) mass is 320 g/mol. The number of nitrogens with one attached hydrogen (secondary N) is 1. The van der Waals surface area contributed by atoms with Gasteiger partial charge in [0.05, 0.1) is 12.0 Å². The first-order chi connectivity index (χ1) is 10.6. The van der Waals surface area contributed by atoms with Crippen LogP contribution >= 0.6 is 11.8 Å². The van der Waals surface area contributed by atoms with Crippen molar-refractivity contribution in [2.45, 2.75) is 32.3 Å². The summed E-state index contributed by atoms with van der Waals surface area (Å²) in [5, 5.41) is 12.8. The maximum Gasteiger partial charge on any atom is 0.230 e. The Hall–Kier alpha value is -1.20. The van der Waals surface area contributed by atoms with Crippen LogP contribution in [0, 0.1) is 12.8 Å². The van der Waals surface area contributed by atoms with Crippen LogP contribution in [-0.4, -0.2) is 41.7 Å². The fourth-order valence-corrected chi connectivity index (χ4v) is 4.28. The maximum atomic E-state index is 12.2. The Morgan fingerprint density at radius 3 is 2.73 bits per heavy atom. The molecule has 0 spiro atoms. The molecule has 0 aromatic heterocycles. The van der Waals surface area contributed by atoms with Gasteiger partial charge in [0.1, 0.15) is 0 Å². The molecule has 1 amide bonds. The predicted molar refractivity (Wildman–Crippen MR) is 92.7 cm³/mol. The first-order valence-corrected chi connectivity index (χ1v) is 9.23. The lowest BCUT2D eigenvalue weighted by Crippen LogP contribution is -2.33. The van der Waals surface area contributed by atoms with Crippen LogP contribution in [0.3, 0.4) is 0 Å². The number of benzene rings is 1. The number of carbonyl (C=O) groups is 1. The molecule has 2 atom stereocenters. The van der Waals surface area contributed by atoms with E-state index >= 15 is 0 Å². The van der Waals surface area contributed by atoms with Crippen LogP contribution in [0.4, 0.5) is 11.4 Å². The fraction of sp³-hybridized carbons (Fsp3) is 0.588. The molecule has 1 aromatic carbocycles. The van der Waals surface area contributed by atoms with Crippen molar-refractivity contribution in [3.05, 3.63) is 23.8 Å². The van der Waals surface area contributed by atoms with Crippen molar-refractivity contribution < 1.29 is 9.90 Å². The molecule has 1 saturated carbocycles. The molecular weight excluding hydrogens is 296 g/mol. The minimum absolute atomic E-state index is 0.0495. The topological polar surface area (TPSA) is 52.6 Å². The van der Waals surface area contributed by atoms with E-state index < -0.39 is 6.10 Å². The summed E-state index contributed by atoms with van der Waals surface area (Å²) in [6.07, 6.45) is 1.98. The lowest BCUT2D eigenvalue weighted by molar-refractivity contribution is -0.122. The Labute approximate surface area is 136 Å². The zero-order chi connectivity index (χ0) is 15.5. The summed E-state index contributed by atoms with van der Waals surface area (Å²) in [7, 11) is 0. The van der Waals surface area contributed by atoms with Crippen molar-refractivity contribution >= 4 is 29.0 Å². The fourth-order valence-electron chi connectivity index (χ4n) is 3.37. The Bertz CT molecular complexity index is 543. The minimum atomic E-state index is -0.480. The van der Waals surface area contributed by atoms with Crippen molar-refractivity contribution in [2.24, 2.45) is 5.92 Å². The van der Waals surface area contributed by atoms with Crippen LogP contribution in [0.1, 0.15) is 24.8 Å². The van der Waals surface area contributed by atoms with Gasteiger partial charge in [-0.05, 0) is 49.9 Å². The highest BCUT2D eigenvalue weighted by Crippen LogP contribution is 2.29.